The molecule has 0 bridgehead atoms. The van der Waals surface area contributed by atoms with Gasteiger partial charge in [0.05, 0.1) is 6.10 Å². The fourth-order valence-corrected chi connectivity index (χ4v) is 0.735. The van der Waals surface area contributed by atoms with E-state index in [2.05, 4.69) is 11.9 Å². The second-order valence-electron chi connectivity index (χ2n) is 2.63. The van der Waals surface area contributed by atoms with Crippen LogP contribution in [0.2, 0.25) is 0 Å². The van der Waals surface area contributed by atoms with Crippen LogP contribution < -0.4 is 5.32 Å². The summed E-state index contributed by atoms with van der Waals surface area (Å²) in [5, 5.41) is 11.6. The van der Waals surface area contributed by atoms with Crippen molar-refractivity contribution in [1.29, 1.82) is 0 Å². The summed E-state index contributed by atoms with van der Waals surface area (Å²) in [5.74, 6) is 0.0138. The number of hydrogen-bond acceptors (Lipinski definition) is 2. The number of carbonyl (C=O) groups excluding carboxylic acids is 1. The van der Waals surface area contributed by atoms with Gasteiger partial charge in [-0.05, 0) is 13.3 Å². The minimum atomic E-state index is -0.544. The third-order valence-electron chi connectivity index (χ3n) is 1.33. The summed E-state index contributed by atoms with van der Waals surface area (Å²) < 4.78 is 0. The van der Waals surface area contributed by atoms with E-state index in [1.165, 1.54) is 0 Å². The number of halogens is 1. The molecule has 0 saturated carbocycles. The van der Waals surface area contributed by atoms with Crippen molar-refractivity contribution in [2.75, 3.05) is 12.4 Å². The second-order valence-corrected chi connectivity index (χ2v) is 2.94. The zero-order chi connectivity index (χ0) is 9.56. The zero-order valence-electron chi connectivity index (χ0n) is 7.14. The topological polar surface area (TPSA) is 49.3 Å². The van der Waals surface area contributed by atoms with Crippen molar-refractivity contribution >= 4 is 17.5 Å². The van der Waals surface area contributed by atoms with E-state index in [0.29, 0.717) is 18.5 Å². The van der Waals surface area contributed by atoms with Gasteiger partial charge < -0.3 is 10.4 Å². The first kappa shape index (κ1) is 11.5. The highest BCUT2D eigenvalue weighted by atomic mass is 35.5. The lowest BCUT2D eigenvalue weighted by atomic mass is 10.2. The number of aliphatic hydroxyl groups is 1. The van der Waals surface area contributed by atoms with Crippen molar-refractivity contribution < 1.29 is 9.90 Å². The molecular formula is C8H14ClNO2. The van der Waals surface area contributed by atoms with Gasteiger partial charge in [-0.1, -0.05) is 6.58 Å². The summed E-state index contributed by atoms with van der Waals surface area (Å²) in [7, 11) is 0. The Morgan fingerprint density at radius 1 is 1.75 bits per heavy atom. The molecule has 0 fully saturated rings. The second kappa shape index (κ2) is 6.03. The van der Waals surface area contributed by atoms with Gasteiger partial charge >= 0.3 is 0 Å². The molecule has 0 saturated heterocycles. The van der Waals surface area contributed by atoms with Crippen molar-refractivity contribution in [2.45, 2.75) is 19.4 Å². The molecule has 0 aliphatic rings. The van der Waals surface area contributed by atoms with Crippen molar-refractivity contribution in [1.82, 2.24) is 5.32 Å². The minimum Gasteiger partial charge on any atom is -0.392 e. The van der Waals surface area contributed by atoms with Crippen LogP contribution in [0.5, 0.6) is 0 Å². The molecule has 0 rings (SSSR count). The monoisotopic (exact) mass is 191 g/mol. The molecule has 1 amide bonds. The lowest BCUT2D eigenvalue weighted by Gasteiger charge is -2.07. The zero-order valence-corrected chi connectivity index (χ0v) is 7.90. The average Bonchev–Trinajstić information content (AvgIpc) is 2.03. The number of rotatable bonds is 5. The van der Waals surface area contributed by atoms with Crippen LogP contribution in [0.15, 0.2) is 12.2 Å². The third-order valence-corrected chi connectivity index (χ3v) is 1.69. The van der Waals surface area contributed by atoms with E-state index in [4.69, 9.17) is 16.7 Å². The van der Waals surface area contributed by atoms with E-state index < -0.39 is 6.10 Å². The highest BCUT2D eigenvalue weighted by Gasteiger charge is 2.03. The molecule has 12 heavy (non-hydrogen) atoms. The van der Waals surface area contributed by atoms with E-state index in [1.807, 2.05) is 0 Å². The SMILES string of the molecule is C=C(C)C(=O)NCCC(O)CCl. The van der Waals surface area contributed by atoms with Gasteiger partial charge in [0.2, 0.25) is 5.91 Å². The molecule has 0 radical (unpaired) electrons. The fraction of sp³-hybridized carbons (Fsp3) is 0.625. The summed E-state index contributed by atoms with van der Waals surface area (Å²) in [6, 6.07) is 0. The first-order chi connectivity index (χ1) is 5.57. The van der Waals surface area contributed by atoms with E-state index >= 15 is 0 Å². The Morgan fingerprint density at radius 2 is 2.33 bits per heavy atom. The highest BCUT2D eigenvalue weighted by molar-refractivity contribution is 6.18. The molecule has 0 heterocycles. The number of aliphatic hydroxyl groups excluding tert-OH is 1. The molecule has 70 valence electrons. The summed E-state index contributed by atoms with van der Waals surface area (Å²) in [6.45, 7) is 5.53. The van der Waals surface area contributed by atoms with Crippen LogP contribution >= 0.6 is 11.6 Å². The number of hydrogen-bond donors (Lipinski definition) is 2. The maximum absolute atomic E-state index is 10.9. The van der Waals surface area contributed by atoms with Crippen LogP contribution in [0.25, 0.3) is 0 Å². The fourth-order valence-electron chi connectivity index (χ4n) is 0.580. The Kier molecular flexibility index (Phi) is 5.76. The molecule has 2 N–H and O–H groups in total. The van der Waals surface area contributed by atoms with Crippen LogP contribution in [-0.4, -0.2) is 29.5 Å². The molecule has 0 aromatic rings. The van der Waals surface area contributed by atoms with Gasteiger partial charge in [-0.3, -0.25) is 4.79 Å². The molecule has 3 nitrogen and oxygen atoms in total. The highest BCUT2D eigenvalue weighted by Crippen LogP contribution is 1.93. The van der Waals surface area contributed by atoms with E-state index in [1.54, 1.807) is 6.92 Å². The van der Waals surface area contributed by atoms with Crippen LogP contribution in [-0.2, 0) is 4.79 Å². The molecule has 0 aliphatic carbocycles. The molecule has 1 unspecified atom stereocenters. The molecule has 4 heteroatoms. The smallest absolute Gasteiger partial charge is 0.246 e. The van der Waals surface area contributed by atoms with Gasteiger partial charge in [0.25, 0.3) is 0 Å². The molecule has 0 aromatic heterocycles. The summed E-state index contributed by atoms with van der Waals surface area (Å²) >= 11 is 5.35. The Labute approximate surface area is 77.4 Å². The van der Waals surface area contributed by atoms with Gasteiger partial charge in [0, 0.05) is 18.0 Å². The van der Waals surface area contributed by atoms with Gasteiger partial charge in [-0.2, -0.15) is 0 Å². The van der Waals surface area contributed by atoms with Gasteiger partial charge in [0.15, 0.2) is 0 Å². The van der Waals surface area contributed by atoms with Gasteiger partial charge in [-0.15, -0.1) is 11.6 Å². The van der Waals surface area contributed by atoms with Crippen LogP contribution in [0.4, 0.5) is 0 Å². The van der Waals surface area contributed by atoms with E-state index in [0.717, 1.165) is 0 Å². The van der Waals surface area contributed by atoms with Crippen molar-refractivity contribution in [3.63, 3.8) is 0 Å². The van der Waals surface area contributed by atoms with Crippen LogP contribution in [0.3, 0.4) is 0 Å². The Morgan fingerprint density at radius 3 is 2.75 bits per heavy atom. The first-order valence-corrected chi connectivity index (χ1v) is 4.29. The summed E-state index contributed by atoms with van der Waals surface area (Å²) in [4.78, 5) is 10.9. The lowest BCUT2D eigenvalue weighted by Crippen LogP contribution is -2.27. The number of nitrogens with one attached hydrogen (secondary N) is 1. The number of carbonyl (C=O) groups is 1. The molecule has 1 atom stereocenters. The molecule has 0 aromatic carbocycles. The normalized spacial score (nSPS) is 12.2. The molecule has 0 spiro atoms. The van der Waals surface area contributed by atoms with E-state index in [-0.39, 0.29) is 11.8 Å². The Hall–Kier alpha value is -0.540. The quantitative estimate of drug-likeness (QED) is 0.496. The largest absolute Gasteiger partial charge is 0.392 e. The van der Waals surface area contributed by atoms with Crippen molar-refractivity contribution in [3.8, 4) is 0 Å². The van der Waals surface area contributed by atoms with Gasteiger partial charge in [-0.25, -0.2) is 0 Å². The summed E-state index contributed by atoms with van der Waals surface area (Å²) in [5.41, 5.74) is 0.468. The van der Waals surface area contributed by atoms with E-state index in [9.17, 15) is 4.79 Å². The number of alkyl halides is 1. The predicted molar refractivity (Wildman–Crippen MR) is 49.2 cm³/mol. The minimum absolute atomic E-state index is 0.184. The summed E-state index contributed by atoms with van der Waals surface area (Å²) in [6.07, 6.45) is -0.0696. The Balaban J connectivity index is 3.44. The lowest BCUT2D eigenvalue weighted by molar-refractivity contribution is -0.117. The Bertz CT molecular complexity index is 170. The molecular weight excluding hydrogens is 178 g/mol. The van der Waals surface area contributed by atoms with Crippen molar-refractivity contribution in [3.05, 3.63) is 12.2 Å². The van der Waals surface area contributed by atoms with Crippen LogP contribution in [0.1, 0.15) is 13.3 Å². The first-order valence-electron chi connectivity index (χ1n) is 3.75. The van der Waals surface area contributed by atoms with Crippen LogP contribution in [0, 0.1) is 0 Å². The maximum Gasteiger partial charge on any atom is 0.246 e. The standard InChI is InChI=1S/C8H14ClNO2/c1-6(2)8(12)10-4-3-7(11)5-9/h7,11H,1,3-5H2,2H3,(H,10,12). The third kappa shape index (κ3) is 5.16. The van der Waals surface area contributed by atoms with Crippen molar-refractivity contribution in [2.24, 2.45) is 0 Å². The van der Waals surface area contributed by atoms with Gasteiger partial charge in [0.1, 0.15) is 0 Å². The predicted octanol–water partition coefficient (Wildman–Crippen LogP) is 0.668. The maximum atomic E-state index is 10.9. The molecule has 0 aliphatic heterocycles. The number of amides is 1. The average molecular weight is 192 g/mol.